The highest BCUT2D eigenvalue weighted by molar-refractivity contribution is 9.11. The molecule has 1 aliphatic heterocycles. The predicted octanol–water partition coefficient (Wildman–Crippen LogP) is 3.88. The van der Waals surface area contributed by atoms with E-state index in [4.69, 9.17) is 4.74 Å². The van der Waals surface area contributed by atoms with Crippen LogP contribution in [0.4, 0.5) is 11.4 Å². The molecule has 2 N–H and O–H groups in total. The van der Waals surface area contributed by atoms with Gasteiger partial charge in [0.2, 0.25) is 5.91 Å². The van der Waals surface area contributed by atoms with Crippen molar-refractivity contribution < 1.29 is 14.3 Å². The summed E-state index contributed by atoms with van der Waals surface area (Å²) in [7, 11) is 0. The summed E-state index contributed by atoms with van der Waals surface area (Å²) in [6, 6.07) is 8.98. The normalized spacial score (nSPS) is 16.6. The van der Waals surface area contributed by atoms with Gasteiger partial charge in [-0.2, -0.15) is 0 Å². The lowest BCUT2D eigenvalue weighted by molar-refractivity contribution is -0.122. The Morgan fingerprint density at radius 2 is 2.22 bits per heavy atom. The fourth-order valence-corrected chi connectivity index (χ4v) is 3.37. The maximum atomic E-state index is 12.0. The van der Waals surface area contributed by atoms with E-state index in [1.807, 2.05) is 12.1 Å². The molecule has 7 heteroatoms. The van der Waals surface area contributed by atoms with Crippen LogP contribution in [-0.4, -0.2) is 17.9 Å². The maximum Gasteiger partial charge on any atom is 0.265 e. The van der Waals surface area contributed by atoms with Crippen LogP contribution in [0.25, 0.3) is 6.08 Å². The molecule has 2 aromatic rings. The van der Waals surface area contributed by atoms with Crippen molar-refractivity contribution in [3.05, 3.63) is 45.1 Å². The van der Waals surface area contributed by atoms with Gasteiger partial charge in [-0.15, -0.1) is 11.3 Å². The molecule has 1 aromatic heterocycles. The minimum Gasteiger partial charge on any atom is -0.479 e. The maximum absolute atomic E-state index is 12.0. The van der Waals surface area contributed by atoms with Gasteiger partial charge >= 0.3 is 0 Å². The van der Waals surface area contributed by atoms with Crippen molar-refractivity contribution in [1.82, 2.24) is 0 Å². The van der Waals surface area contributed by atoms with E-state index in [1.165, 1.54) is 6.08 Å². The summed E-state index contributed by atoms with van der Waals surface area (Å²) in [6.07, 6.45) is 2.70. The van der Waals surface area contributed by atoms with E-state index in [0.717, 1.165) is 8.66 Å². The highest BCUT2D eigenvalue weighted by Gasteiger charge is 2.23. The number of fused-ring (bicyclic) bond motifs is 1. The highest BCUT2D eigenvalue weighted by atomic mass is 79.9. The molecule has 1 atom stereocenters. The standard InChI is InChI=1S/C16H13BrN2O3S/c1-9-16(21)19-12-8-10(2-5-13(12)22-9)18-15(20)7-4-11-3-6-14(17)23-11/h2-9H,1H3,(H,18,20)(H,19,21)/b7-4+. The lowest BCUT2D eigenvalue weighted by Gasteiger charge is -2.23. The number of nitrogens with one attached hydrogen (secondary N) is 2. The Balaban J connectivity index is 1.68. The number of amides is 2. The van der Waals surface area contributed by atoms with E-state index >= 15 is 0 Å². The number of halogens is 1. The number of benzene rings is 1. The topological polar surface area (TPSA) is 67.4 Å². The van der Waals surface area contributed by atoms with E-state index in [2.05, 4.69) is 26.6 Å². The van der Waals surface area contributed by atoms with Crippen LogP contribution in [0.2, 0.25) is 0 Å². The number of anilines is 2. The summed E-state index contributed by atoms with van der Waals surface area (Å²) < 4.78 is 6.48. The quantitative estimate of drug-likeness (QED) is 0.778. The molecule has 0 radical (unpaired) electrons. The predicted molar refractivity (Wildman–Crippen MR) is 94.8 cm³/mol. The molecule has 0 saturated heterocycles. The van der Waals surface area contributed by atoms with Gasteiger partial charge in [0.15, 0.2) is 6.10 Å². The van der Waals surface area contributed by atoms with Crippen molar-refractivity contribution in [2.45, 2.75) is 13.0 Å². The van der Waals surface area contributed by atoms with E-state index in [-0.39, 0.29) is 11.8 Å². The number of rotatable bonds is 3. The smallest absolute Gasteiger partial charge is 0.265 e. The van der Waals surface area contributed by atoms with Gasteiger partial charge in [0.05, 0.1) is 9.47 Å². The van der Waals surface area contributed by atoms with Crippen LogP contribution in [0, 0.1) is 0 Å². The first-order valence-corrected chi connectivity index (χ1v) is 8.48. The third kappa shape index (κ3) is 3.80. The molecule has 0 spiro atoms. The molecule has 1 unspecified atom stereocenters. The van der Waals surface area contributed by atoms with E-state index in [0.29, 0.717) is 17.1 Å². The monoisotopic (exact) mass is 392 g/mol. The first-order chi connectivity index (χ1) is 11.0. The molecule has 3 rings (SSSR count). The molecule has 0 fully saturated rings. The van der Waals surface area contributed by atoms with Gasteiger partial charge in [-0.1, -0.05) is 0 Å². The van der Waals surface area contributed by atoms with Crippen molar-refractivity contribution in [2.75, 3.05) is 10.6 Å². The van der Waals surface area contributed by atoms with Gasteiger partial charge in [0.1, 0.15) is 5.75 Å². The van der Waals surface area contributed by atoms with Gasteiger partial charge < -0.3 is 15.4 Å². The average molecular weight is 393 g/mol. The van der Waals surface area contributed by atoms with Gasteiger partial charge in [0.25, 0.3) is 5.91 Å². The Morgan fingerprint density at radius 3 is 2.96 bits per heavy atom. The molecule has 1 aliphatic rings. The summed E-state index contributed by atoms with van der Waals surface area (Å²) in [6.45, 7) is 1.68. The molecular weight excluding hydrogens is 380 g/mol. The van der Waals surface area contributed by atoms with Crippen LogP contribution < -0.4 is 15.4 Å². The summed E-state index contributed by atoms with van der Waals surface area (Å²) >= 11 is 4.92. The second-order valence-corrected chi connectivity index (χ2v) is 7.42. The Kier molecular flexibility index (Phi) is 4.49. The number of carbonyl (C=O) groups is 2. The minimum absolute atomic E-state index is 0.204. The van der Waals surface area contributed by atoms with Crippen molar-refractivity contribution in [3.63, 3.8) is 0 Å². The summed E-state index contributed by atoms with van der Waals surface area (Å²) in [5, 5.41) is 5.50. The second kappa shape index (κ2) is 6.55. The SMILES string of the molecule is CC1Oc2ccc(NC(=O)/C=C/c3ccc(Br)s3)cc2NC1=O. The molecule has 5 nitrogen and oxygen atoms in total. The van der Waals surface area contributed by atoms with E-state index < -0.39 is 6.10 Å². The van der Waals surface area contributed by atoms with Crippen molar-refractivity contribution in [2.24, 2.45) is 0 Å². The van der Waals surface area contributed by atoms with E-state index in [9.17, 15) is 9.59 Å². The summed E-state index contributed by atoms with van der Waals surface area (Å²) in [5.74, 6) is 0.143. The molecule has 0 aliphatic carbocycles. The van der Waals surface area contributed by atoms with Crippen LogP contribution in [0.3, 0.4) is 0 Å². The van der Waals surface area contributed by atoms with Crippen molar-refractivity contribution in [3.8, 4) is 5.75 Å². The molecule has 1 aromatic carbocycles. The van der Waals surface area contributed by atoms with Gasteiger partial charge in [-0.25, -0.2) is 0 Å². The van der Waals surface area contributed by atoms with Gasteiger partial charge in [-0.05, 0) is 59.3 Å². The van der Waals surface area contributed by atoms with Crippen molar-refractivity contribution in [1.29, 1.82) is 0 Å². The summed E-state index contributed by atoms with van der Waals surface area (Å²) in [5.41, 5.74) is 1.14. The molecule has 23 heavy (non-hydrogen) atoms. The molecule has 118 valence electrons. The van der Waals surface area contributed by atoms with Crippen LogP contribution in [0.1, 0.15) is 11.8 Å². The third-order valence-corrected chi connectivity index (χ3v) is 4.76. The van der Waals surface area contributed by atoms with Crippen LogP contribution in [-0.2, 0) is 9.59 Å². The average Bonchev–Trinajstić information content (AvgIpc) is 2.92. The lowest BCUT2D eigenvalue weighted by Crippen LogP contribution is -2.34. The van der Waals surface area contributed by atoms with Crippen LogP contribution in [0.15, 0.2) is 40.2 Å². The molecule has 2 heterocycles. The zero-order valence-corrected chi connectivity index (χ0v) is 14.5. The summed E-state index contributed by atoms with van der Waals surface area (Å²) in [4.78, 5) is 24.5. The zero-order chi connectivity index (χ0) is 16.4. The van der Waals surface area contributed by atoms with Gasteiger partial charge in [0, 0.05) is 16.6 Å². The fourth-order valence-electron chi connectivity index (χ4n) is 2.05. The second-order valence-electron chi connectivity index (χ2n) is 4.92. The first kappa shape index (κ1) is 15.8. The Labute approximate surface area is 145 Å². The molecule has 2 amide bonds. The van der Waals surface area contributed by atoms with Crippen molar-refractivity contribution >= 4 is 56.5 Å². The number of ether oxygens (including phenoxy) is 1. The van der Waals surface area contributed by atoms with Crippen LogP contribution in [0.5, 0.6) is 5.75 Å². The van der Waals surface area contributed by atoms with Crippen LogP contribution >= 0.6 is 27.3 Å². The molecular formula is C16H13BrN2O3S. The fraction of sp³-hybridized carbons (Fsp3) is 0.125. The Bertz CT molecular complexity index is 800. The lowest BCUT2D eigenvalue weighted by atomic mass is 10.2. The first-order valence-electron chi connectivity index (χ1n) is 6.87. The Morgan fingerprint density at radius 1 is 1.39 bits per heavy atom. The number of thiophene rings is 1. The number of carbonyl (C=O) groups excluding carboxylic acids is 2. The largest absolute Gasteiger partial charge is 0.479 e. The zero-order valence-electron chi connectivity index (χ0n) is 12.1. The van der Waals surface area contributed by atoms with Gasteiger partial charge in [-0.3, -0.25) is 9.59 Å². The minimum atomic E-state index is -0.518. The third-order valence-electron chi connectivity index (χ3n) is 3.17. The molecule has 0 bridgehead atoms. The van der Waals surface area contributed by atoms with E-state index in [1.54, 1.807) is 42.5 Å². The molecule has 0 saturated carbocycles. The number of hydrogen-bond acceptors (Lipinski definition) is 4. The highest BCUT2D eigenvalue weighted by Crippen LogP contribution is 2.32. The Hall–Kier alpha value is -2.12. The number of hydrogen-bond donors (Lipinski definition) is 2.